The van der Waals surface area contributed by atoms with Crippen LogP contribution in [0.4, 0.5) is 0 Å². The van der Waals surface area contributed by atoms with E-state index in [0.29, 0.717) is 11.3 Å². The van der Waals surface area contributed by atoms with Crippen LogP contribution in [0.2, 0.25) is 0 Å². The van der Waals surface area contributed by atoms with Crippen molar-refractivity contribution in [2.75, 3.05) is 7.11 Å². The maximum absolute atomic E-state index is 8.72. The fourth-order valence-corrected chi connectivity index (χ4v) is 1.09. The molecule has 0 N–H and O–H groups in total. The minimum absolute atomic E-state index is 0.618. The molecule has 0 saturated heterocycles. The van der Waals surface area contributed by atoms with Crippen LogP contribution < -0.4 is 4.74 Å². The van der Waals surface area contributed by atoms with E-state index in [-0.39, 0.29) is 0 Å². The summed E-state index contributed by atoms with van der Waals surface area (Å²) in [5.74, 6) is 0.715. The molecule has 0 aliphatic heterocycles. The van der Waals surface area contributed by atoms with Crippen molar-refractivity contribution in [2.45, 2.75) is 6.92 Å². The van der Waals surface area contributed by atoms with E-state index in [9.17, 15) is 0 Å². The smallest absolute Gasteiger partial charge is 0.120 e. The summed E-state index contributed by atoms with van der Waals surface area (Å²) in [6.07, 6.45) is 3.86. The van der Waals surface area contributed by atoms with Crippen molar-refractivity contribution in [3.8, 4) is 11.8 Å². The highest BCUT2D eigenvalue weighted by molar-refractivity contribution is 5.55. The number of hydrogen-bond acceptors (Lipinski definition) is 2. The number of nitrogens with zero attached hydrogens (tertiary/aromatic N) is 1. The Morgan fingerprint density at radius 3 is 2.69 bits per heavy atom. The van der Waals surface area contributed by atoms with Gasteiger partial charge in [0.15, 0.2) is 0 Å². The van der Waals surface area contributed by atoms with E-state index in [1.807, 2.05) is 31.2 Å². The van der Waals surface area contributed by atoms with E-state index in [2.05, 4.69) is 6.07 Å². The zero-order valence-corrected chi connectivity index (χ0v) is 7.74. The van der Waals surface area contributed by atoms with Gasteiger partial charge in [0.1, 0.15) is 5.75 Å². The van der Waals surface area contributed by atoms with E-state index in [1.165, 1.54) is 0 Å². The Hall–Kier alpha value is -1.75. The zero-order valence-electron chi connectivity index (χ0n) is 7.74. The second kappa shape index (κ2) is 4.32. The molecule has 0 unspecified atom stereocenters. The standard InChI is InChI=1S/C11H11NO/c1-3-4-9-5-10(8-12)7-11(6-9)13-2/h3-7H,1-2H3. The van der Waals surface area contributed by atoms with Crippen LogP contribution in [0.1, 0.15) is 18.1 Å². The van der Waals surface area contributed by atoms with Crippen LogP contribution in [0.3, 0.4) is 0 Å². The first-order valence-corrected chi connectivity index (χ1v) is 4.02. The monoisotopic (exact) mass is 173 g/mol. The molecule has 2 nitrogen and oxygen atoms in total. The van der Waals surface area contributed by atoms with Gasteiger partial charge in [-0.1, -0.05) is 12.2 Å². The number of nitriles is 1. The summed E-state index contributed by atoms with van der Waals surface area (Å²) in [6.45, 7) is 1.94. The van der Waals surface area contributed by atoms with Crippen LogP contribution in [0, 0.1) is 11.3 Å². The molecular formula is C11H11NO. The number of ether oxygens (including phenoxy) is 1. The predicted octanol–water partition coefficient (Wildman–Crippen LogP) is 2.60. The highest BCUT2D eigenvalue weighted by Crippen LogP contribution is 2.17. The third kappa shape index (κ3) is 2.34. The van der Waals surface area contributed by atoms with Crippen molar-refractivity contribution in [1.29, 1.82) is 5.26 Å². The minimum Gasteiger partial charge on any atom is -0.497 e. The molecule has 1 rings (SSSR count). The molecule has 0 atom stereocenters. The first kappa shape index (κ1) is 9.34. The van der Waals surface area contributed by atoms with Gasteiger partial charge in [0.05, 0.1) is 18.7 Å². The summed E-state index contributed by atoms with van der Waals surface area (Å²) in [6, 6.07) is 7.51. The van der Waals surface area contributed by atoms with Gasteiger partial charge >= 0.3 is 0 Å². The zero-order chi connectivity index (χ0) is 9.68. The highest BCUT2D eigenvalue weighted by Gasteiger charge is 1.97. The van der Waals surface area contributed by atoms with Gasteiger partial charge in [0, 0.05) is 0 Å². The van der Waals surface area contributed by atoms with Gasteiger partial charge in [-0.2, -0.15) is 5.26 Å². The first-order valence-electron chi connectivity index (χ1n) is 4.02. The van der Waals surface area contributed by atoms with Crippen LogP contribution in [-0.4, -0.2) is 7.11 Å². The van der Waals surface area contributed by atoms with E-state index in [1.54, 1.807) is 13.2 Å². The average molecular weight is 173 g/mol. The highest BCUT2D eigenvalue weighted by atomic mass is 16.5. The third-order valence-electron chi connectivity index (χ3n) is 1.65. The lowest BCUT2D eigenvalue weighted by Gasteiger charge is -2.01. The number of allylic oxidation sites excluding steroid dienone is 1. The van der Waals surface area contributed by atoms with Crippen LogP contribution in [0.25, 0.3) is 6.08 Å². The Labute approximate surface area is 78.1 Å². The third-order valence-corrected chi connectivity index (χ3v) is 1.65. The summed E-state index contributed by atoms with van der Waals surface area (Å²) in [5.41, 5.74) is 1.60. The van der Waals surface area contributed by atoms with Gasteiger partial charge < -0.3 is 4.74 Å². The van der Waals surface area contributed by atoms with Gasteiger partial charge in [-0.3, -0.25) is 0 Å². The van der Waals surface area contributed by atoms with E-state index >= 15 is 0 Å². The lowest BCUT2D eigenvalue weighted by atomic mass is 10.1. The predicted molar refractivity (Wildman–Crippen MR) is 52.4 cm³/mol. The molecule has 0 aliphatic rings. The lowest BCUT2D eigenvalue weighted by Crippen LogP contribution is -1.85. The molecule has 1 aromatic rings. The Kier molecular flexibility index (Phi) is 3.10. The number of methoxy groups -OCH3 is 1. The number of benzene rings is 1. The fourth-order valence-electron chi connectivity index (χ4n) is 1.09. The summed E-state index contributed by atoms with van der Waals surface area (Å²) in [5, 5.41) is 8.72. The summed E-state index contributed by atoms with van der Waals surface area (Å²) in [4.78, 5) is 0. The van der Waals surface area contributed by atoms with Crippen LogP contribution in [0.15, 0.2) is 24.3 Å². The molecule has 2 heteroatoms. The molecular weight excluding hydrogens is 162 g/mol. The fraction of sp³-hybridized carbons (Fsp3) is 0.182. The molecule has 1 aromatic carbocycles. The molecule has 0 spiro atoms. The quantitative estimate of drug-likeness (QED) is 0.688. The first-order chi connectivity index (χ1) is 6.30. The maximum atomic E-state index is 8.72. The molecule has 0 aromatic heterocycles. The normalized spacial score (nSPS) is 9.92. The summed E-state index contributed by atoms with van der Waals surface area (Å²) in [7, 11) is 1.59. The molecule has 0 saturated carbocycles. The van der Waals surface area contributed by atoms with Crippen molar-refractivity contribution in [2.24, 2.45) is 0 Å². The number of rotatable bonds is 2. The van der Waals surface area contributed by atoms with Gasteiger partial charge in [-0.15, -0.1) is 0 Å². The molecule has 0 radical (unpaired) electrons. The van der Waals surface area contributed by atoms with Crippen molar-refractivity contribution in [3.63, 3.8) is 0 Å². The van der Waals surface area contributed by atoms with Gasteiger partial charge in [0.25, 0.3) is 0 Å². The van der Waals surface area contributed by atoms with Gasteiger partial charge in [-0.25, -0.2) is 0 Å². The van der Waals surface area contributed by atoms with E-state index in [4.69, 9.17) is 10.00 Å². The van der Waals surface area contributed by atoms with E-state index < -0.39 is 0 Å². The summed E-state index contributed by atoms with van der Waals surface area (Å²) < 4.78 is 5.06. The average Bonchev–Trinajstić information content (AvgIpc) is 2.17. The Bertz CT molecular complexity index is 361. The van der Waals surface area contributed by atoms with Crippen LogP contribution in [0.5, 0.6) is 5.75 Å². The van der Waals surface area contributed by atoms with Gasteiger partial charge in [-0.05, 0) is 30.7 Å². The van der Waals surface area contributed by atoms with Crippen LogP contribution in [-0.2, 0) is 0 Å². The van der Waals surface area contributed by atoms with Crippen LogP contribution >= 0.6 is 0 Å². The van der Waals surface area contributed by atoms with Gasteiger partial charge in [0.2, 0.25) is 0 Å². The molecule has 0 aliphatic carbocycles. The molecule has 0 heterocycles. The van der Waals surface area contributed by atoms with Crippen molar-refractivity contribution in [3.05, 3.63) is 35.4 Å². The summed E-state index contributed by atoms with van der Waals surface area (Å²) >= 11 is 0. The minimum atomic E-state index is 0.618. The molecule has 0 amide bonds. The lowest BCUT2D eigenvalue weighted by molar-refractivity contribution is 0.414. The van der Waals surface area contributed by atoms with E-state index in [0.717, 1.165) is 5.56 Å². The topological polar surface area (TPSA) is 33.0 Å². The Morgan fingerprint density at radius 2 is 2.15 bits per heavy atom. The second-order valence-corrected chi connectivity index (χ2v) is 2.61. The molecule has 0 fully saturated rings. The SMILES string of the molecule is CC=Cc1cc(C#N)cc(OC)c1. The van der Waals surface area contributed by atoms with Crippen molar-refractivity contribution < 1.29 is 4.74 Å². The Balaban J connectivity index is 3.16. The molecule has 0 bridgehead atoms. The maximum Gasteiger partial charge on any atom is 0.120 e. The number of hydrogen-bond donors (Lipinski definition) is 0. The molecule has 13 heavy (non-hydrogen) atoms. The Morgan fingerprint density at radius 1 is 1.38 bits per heavy atom. The van der Waals surface area contributed by atoms with Crippen molar-refractivity contribution in [1.82, 2.24) is 0 Å². The van der Waals surface area contributed by atoms with Crippen molar-refractivity contribution >= 4 is 6.08 Å². The largest absolute Gasteiger partial charge is 0.497 e. The second-order valence-electron chi connectivity index (χ2n) is 2.61. The molecule has 66 valence electrons.